The quantitative estimate of drug-likeness (QED) is 0.749. The molecule has 1 aromatic rings. The Balaban J connectivity index is 2.35. The van der Waals surface area contributed by atoms with Crippen LogP contribution in [0.2, 0.25) is 0 Å². The Morgan fingerprint density at radius 1 is 0.895 bits per heavy atom. The van der Waals surface area contributed by atoms with Gasteiger partial charge in [0, 0.05) is 12.1 Å². The minimum absolute atomic E-state index is 0.620. The summed E-state index contributed by atoms with van der Waals surface area (Å²) in [5, 5.41) is 0. The summed E-state index contributed by atoms with van der Waals surface area (Å²) in [4.78, 5) is 0. The molecule has 1 aromatic carbocycles. The first-order valence-electron chi connectivity index (χ1n) is 5.75. The smallest absolute Gasteiger partial charge is 0.135 e. The second-order valence-corrected chi connectivity index (χ2v) is 3.82. The average molecular weight is 249 g/mol. The fourth-order valence-electron chi connectivity index (χ4n) is 1.71. The number of methoxy groups -OCH3 is 2. The topological polar surface area (TPSA) is 18.5 Å². The third kappa shape index (κ3) is 3.04. The van der Waals surface area contributed by atoms with Crippen LogP contribution in [0.5, 0.6) is 11.5 Å². The lowest BCUT2D eigenvalue weighted by Gasteiger charge is -2.08. The lowest BCUT2D eigenvalue weighted by molar-refractivity contribution is 0.401. The maximum absolute atomic E-state index is 5.43. The molecule has 5 radical (unpaired) electrons. The SMILES string of the molecule is C#Cc1cc(OC)c(C#C[C]2[CH][CH][CH][CH]2)cc1OC. The van der Waals surface area contributed by atoms with Crippen LogP contribution >= 0.6 is 0 Å². The van der Waals surface area contributed by atoms with Crippen molar-refractivity contribution in [2.75, 3.05) is 14.2 Å². The van der Waals surface area contributed by atoms with Crippen LogP contribution in [-0.4, -0.2) is 14.2 Å². The van der Waals surface area contributed by atoms with E-state index in [1.807, 2.05) is 25.7 Å². The van der Waals surface area contributed by atoms with Gasteiger partial charge in [0.25, 0.3) is 0 Å². The van der Waals surface area contributed by atoms with Crippen LogP contribution in [0.3, 0.4) is 0 Å². The predicted octanol–water partition coefficient (Wildman–Crippen LogP) is 2.44. The zero-order valence-electron chi connectivity index (χ0n) is 10.9. The molecule has 0 aromatic heterocycles. The highest BCUT2D eigenvalue weighted by molar-refractivity contribution is 5.60. The highest BCUT2D eigenvalue weighted by atomic mass is 16.5. The average Bonchev–Trinajstić information content (AvgIpc) is 2.97. The van der Waals surface area contributed by atoms with E-state index in [0.29, 0.717) is 17.1 Å². The van der Waals surface area contributed by atoms with Crippen LogP contribution < -0.4 is 9.47 Å². The number of rotatable bonds is 2. The lowest BCUT2D eigenvalue weighted by Crippen LogP contribution is -1.94. The monoisotopic (exact) mass is 249 g/mol. The van der Waals surface area contributed by atoms with Crippen molar-refractivity contribution in [3.8, 4) is 35.7 Å². The van der Waals surface area contributed by atoms with Crippen molar-refractivity contribution in [2.45, 2.75) is 0 Å². The lowest BCUT2D eigenvalue weighted by atomic mass is 10.1. The van der Waals surface area contributed by atoms with Crippen LogP contribution in [0.25, 0.3) is 0 Å². The van der Waals surface area contributed by atoms with Crippen molar-refractivity contribution in [2.24, 2.45) is 0 Å². The van der Waals surface area contributed by atoms with E-state index < -0.39 is 0 Å². The minimum Gasteiger partial charge on any atom is -0.495 e. The van der Waals surface area contributed by atoms with Crippen molar-refractivity contribution < 1.29 is 9.47 Å². The molecule has 2 heteroatoms. The van der Waals surface area contributed by atoms with Crippen LogP contribution in [0.15, 0.2) is 12.1 Å². The van der Waals surface area contributed by atoms with E-state index in [0.717, 1.165) is 11.5 Å². The van der Waals surface area contributed by atoms with Gasteiger partial charge in [-0.3, -0.25) is 0 Å². The zero-order valence-corrected chi connectivity index (χ0v) is 10.9. The molecule has 2 nitrogen and oxygen atoms in total. The molecule has 0 amide bonds. The normalized spacial score (nSPS) is 14.4. The Morgan fingerprint density at radius 2 is 1.47 bits per heavy atom. The summed E-state index contributed by atoms with van der Waals surface area (Å²) in [6.45, 7) is 0. The molecule has 1 aliphatic carbocycles. The van der Waals surface area contributed by atoms with Gasteiger partial charge >= 0.3 is 0 Å². The Bertz CT molecular complexity index is 549. The number of hydrogen-bond acceptors (Lipinski definition) is 2. The maximum Gasteiger partial charge on any atom is 0.135 e. The van der Waals surface area contributed by atoms with Gasteiger partial charge in [0.05, 0.1) is 31.3 Å². The summed E-state index contributed by atoms with van der Waals surface area (Å²) >= 11 is 0. The van der Waals surface area contributed by atoms with Gasteiger partial charge in [-0.25, -0.2) is 0 Å². The fraction of sp³-hybridized carbons (Fsp3) is 0.118. The molecule has 0 saturated heterocycles. The number of benzene rings is 1. The minimum atomic E-state index is 0.620. The number of ether oxygens (including phenoxy) is 2. The van der Waals surface area contributed by atoms with Gasteiger partial charge in [0.15, 0.2) is 0 Å². The molecular weight excluding hydrogens is 236 g/mol. The van der Waals surface area contributed by atoms with E-state index in [4.69, 9.17) is 15.9 Å². The molecule has 0 spiro atoms. The molecule has 0 unspecified atom stereocenters. The van der Waals surface area contributed by atoms with Gasteiger partial charge in [-0.05, 0) is 25.7 Å². The Morgan fingerprint density at radius 3 is 2.05 bits per heavy atom. The Kier molecular flexibility index (Phi) is 4.37. The predicted molar refractivity (Wildman–Crippen MR) is 74.8 cm³/mol. The summed E-state index contributed by atoms with van der Waals surface area (Å²) in [6.07, 6.45) is 13.2. The molecule has 0 aliphatic heterocycles. The molecule has 2 rings (SSSR count). The van der Waals surface area contributed by atoms with E-state index in [9.17, 15) is 0 Å². The van der Waals surface area contributed by atoms with E-state index in [1.165, 1.54) is 0 Å². The van der Waals surface area contributed by atoms with Crippen molar-refractivity contribution in [1.82, 2.24) is 0 Å². The summed E-state index contributed by atoms with van der Waals surface area (Å²) in [5.41, 5.74) is 1.40. The molecule has 0 heterocycles. The summed E-state index contributed by atoms with van der Waals surface area (Å²) in [5.74, 6) is 10.9. The van der Waals surface area contributed by atoms with Gasteiger partial charge < -0.3 is 9.47 Å². The van der Waals surface area contributed by atoms with E-state index in [1.54, 1.807) is 26.4 Å². The molecular formula is C17H13O2. The van der Waals surface area contributed by atoms with Crippen LogP contribution in [0, 0.1) is 55.8 Å². The van der Waals surface area contributed by atoms with Crippen LogP contribution in [0.1, 0.15) is 11.1 Å². The first-order valence-corrected chi connectivity index (χ1v) is 5.75. The first-order chi connectivity index (χ1) is 9.28. The molecule has 1 saturated carbocycles. The molecule has 0 atom stereocenters. The second-order valence-electron chi connectivity index (χ2n) is 3.82. The van der Waals surface area contributed by atoms with Crippen molar-refractivity contribution in [1.29, 1.82) is 0 Å². The van der Waals surface area contributed by atoms with E-state index >= 15 is 0 Å². The van der Waals surface area contributed by atoms with Crippen molar-refractivity contribution >= 4 is 0 Å². The number of hydrogen-bond donors (Lipinski definition) is 0. The van der Waals surface area contributed by atoms with Gasteiger partial charge in [-0.15, -0.1) is 6.42 Å². The van der Waals surface area contributed by atoms with Crippen LogP contribution in [-0.2, 0) is 0 Å². The van der Waals surface area contributed by atoms with Gasteiger partial charge in [0.2, 0.25) is 0 Å². The van der Waals surface area contributed by atoms with Crippen LogP contribution in [0.4, 0.5) is 0 Å². The molecule has 1 fully saturated rings. The standard InChI is InChI=1S/C17H13O2/c1-4-14-11-17(19-3)15(12-16(14)18-2)10-9-13-7-5-6-8-13/h1,5-8,11-12H,2-3H3. The third-order valence-electron chi connectivity index (χ3n) is 2.68. The zero-order chi connectivity index (χ0) is 13.7. The Labute approximate surface area is 115 Å². The summed E-state index contributed by atoms with van der Waals surface area (Å²) < 4.78 is 10.6. The largest absolute Gasteiger partial charge is 0.495 e. The molecule has 0 bridgehead atoms. The van der Waals surface area contributed by atoms with E-state index in [-0.39, 0.29) is 0 Å². The second kappa shape index (κ2) is 6.21. The van der Waals surface area contributed by atoms with Crippen molar-refractivity contribution in [3.63, 3.8) is 0 Å². The molecule has 19 heavy (non-hydrogen) atoms. The maximum atomic E-state index is 5.43. The van der Waals surface area contributed by atoms with Crippen molar-refractivity contribution in [3.05, 3.63) is 54.9 Å². The first kappa shape index (κ1) is 13.4. The summed E-state index contributed by atoms with van der Waals surface area (Å²) in [6, 6.07) is 3.55. The Hall–Kier alpha value is -2.06. The fourth-order valence-corrected chi connectivity index (χ4v) is 1.71. The molecule has 1 aliphatic rings. The molecule has 0 N–H and O–H groups in total. The third-order valence-corrected chi connectivity index (χ3v) is 2.68. The number of terminal acetylenes is 1. The highest BCUT2D eigenvalue weighted by Crippen LogP contribution is 2.28. The highest BCUT2D eigenvalue weighted by Gasteiger charge is 2.14. The van der Waals surface area contributed by atoms with E-state index in [2.05, 4.69) is 17.8 Å². The molecule has 93 valence electrons. The van der Waals surface area contributed by atoms with Gasteiger partial charge in [-0.1, -0.05) is 17.8 Å². The summed E-state index contributed by atoms with van der Waals surface area (Å²) in [7, 11) is 3.17. The van der Waals surface area contributed by atoms with Gasteiger partial charge in [-0.2, -0.15) is 0 Å². The van der Waals surface area contributed by atoms with Gasteiger partial charge in [0.1, 0.15) is 11.5 Å².